The Labute approximate surface area is 92.8 Å². The zero-order valence-electron chi connectivity index (χ0n) is 8.35. The molecule has 1 aromatic heterocycles. The average molecular weight is 223 g/mol. The van der Waals surface area contributed by atoms with Gasteiger partial charge in [0.25, 0.3) is 0 Å². The zero-order chi connectivity index (χ0) is 10.8. The Hall–Kier alpha value is -1.16. The number of hydrogen-bond acceptors (Lipinski definition) is 2. The van der Waals surface area contributed by atoms with Gasteiger partial charge in [-0.15, -0.1) is 18.3 Å². The van der Waals surface area contributed by atoms with Crippen LogP contribution in [0.15, 0.2) is 29.8 Å². The first-order valence-electron chi connectivity index (χ1n) is 4.90. The first-order valence-corrected chi connectivity index (χ1v) is 5.88. The van der Waals surface area contributed by atoms with Crippen LogP contribution in [-0.2, 0) is 11.3 Å². The highest BCUT2D eigenvalue weighted by Gasteiger charge is 2.29. The summed E-state index contributed by atoms with van der Waals surface area (Å²) >= 11 is 1.70. The Morgan fingerprint density at radius 1 is 1.73 bits per heavy atom. The molecule has 0 aromatic carbocycles. The van der Waals surface area contributed by atoms with Crippen LogP contribution in [0.1, 0.15) is 18.0 Å². The largest absolute Gasteiger partial charge is 0.481 e. The smallest absolute Gasteiger partial charge is 0.312 e. The summed E-state index contributed by atoms with van der Waals surface area (Å²) in [5.74, 6) is -0.170. The van der Waals surface area contributed by atoms with Crippen molar-refractivity contribution in [1.82, 2.24) is 4.57 Å². The maximum absolute atomic E-state index is 11.0. The summed E-state index contributed by atoms with van der Waals surface area (Å²) in [5, 5.41) is 10.2. The first-order chi connectivity index (χ1) is 7.24. The molecule has 0 saturated carbocycles. The summed E-state index contributed by atoms with van der Waals surface area (Å²) < 4.78 is 2.10. The minimum atomic E-state index is -0.716. The molecular weight excluding hydrogens is 210 g/mol. The molecule has 1 aliphatic heterocycles. The lowest BCUT2D eigenvalue weighted by atomic mass is 10.1. The van der Waals surface area contributed by atoms with E-state index in [1.807, 2.05) is 18.2 Å². The van der Waals surface area contributed by atoms with E-state index >= 15 is 0 Å². The lowest BCUT2D eigenvalue weighted by molar-refractivity contribution is -0.138. The van der Waals surface area contributed by atoms with Gasteiger partial charge in [0, 0.05) is 18.0 Å². The summed E-state index contributed by atoms with van der Waals surface area (Å²) in [6.07, 6.45) is 2.57. The maximum atomic E-state index is 11.0. The monoisotopic (exact) mass is 223 g/mol. The predicted octanol–water partition coefficient (Wildman–Crippen LogP) is 2.34. The van der Waals surface area contributed by atoms with Crippen LogP contribution in [0.2, 0.25) is 0 Å². The average Bonchev–Trinajstić information content (AvgIpc) is 2.74. The fourth-order valence-corrected chi connectivity index (χ4v) is 2.74. The molecule has 1 atom stereocenters. The van der Waals surface area contributed by atoms with Gasteiger partial charge in [-0.25, -0.2) is 0 Å². The fourth-order valence-electron chi connectivity index (χ4n) is 1.93. The van der Waals surface area contributed by atoms with E-state index in [4.69, 9.17) is 5.11 Å². The second kappa shape index (κ2) is 4.14. The second-order valence-electron chi connectivity index (χ2n) is 3.53. The van der Waals surface area contributed by atoms with Crippen LogP contribution in [0, 0.1) is 0 Å². The van der Waals surface area contributed by atoms with Crippen molar-refractivity contribution in [1.29, 1.82) is 0 Å². The fraction of sp³-hybridized carbons (Fsp3) is 0.364. The summed E-state index contributed by atoms with van der Waals surface area (Å²) in [6, 6.07) is 3.93. The third kappa shape index (κ3) is 1.81. The van der Waals surface area contributed by atoms with E-state index in [2.05, 4.69) is 11.1 Å². The van der Waals surface area contributed by atoms with Crippen LogP contribution >= 0.6 is 11.8 Å². The molecule has 0 amide bonds. The lowest BCUT2D eigenvalue weighted by Crippen LogP contribution is -2.07. The SMILES string of the molecule is C=CCSc1ccc2n1CCC2C(=O)O. The number of carboxylic acids is 1. The number of rotatable bonds is 4. The van der Waals surface area contributed by atoms with Gasteiger partial charge < -0.3 is 9.67 Å². The van der Waals surface area contributed by atoms with Gasteiger partial charge in [-0.05, 0) is 18.6 Å². The van der Waals surface area contributed by atoms with Gasteiger partial charge >= 0.3 is 5.97 Å². The normalized spacial score (nSPS) is 18.8. The summed E-state index contributed by atoms with van der Waals surface area (Å²) in [7, 11) is 0. The first kappa shape index (κ1) is 10.4. The molecule has 0 radical (unpaired) electrons. The number of nitrogens with zero attached hydrogens (tertiary/aromatic N) is 1. The van der Waals surface area contributed by atoms with Crippen molar-refractivity contribution in [3.8, 4) is 0 Å². The number of thioether (sulfide) groups is 1. The number of carbonyl (C=O) groups is 1. The molecule has 0 aliphatic carbocycles. The number of aromatic nitrogens is 1. The lowest BCUT2D eigenvalue weighted by Gasteiger charge is -2.03. The number of carboxylic acid groups (broad SMARTS) is 1. The molecule has 4 heteroatoms. The van der Waals surface area contributed by atoms with E-state index < -0.39 is 5.97 Å². The van der Waals surface area contributed by atoms with Crippen LogP contribution in [0.4, 0.5) is 0 Å². The molecule has 1 aromatic rings. The van der Waals surface area contributed by atoms with Gasteiger partial charge in [0.05, 0.1) is 10.9 Å². The second-order valence-corrected chi connectivity index (χ2v) is 4.57. The topological polar surface area (TPSA) is 42.2 Å². The van der Waals surface area contributed by atoms with Gasteiger partial charge in [0.1, 0.15) is 0 Å². The Bertz CT molecular complexity index is 397. The summed E-state index contributed by atoms with van der Waals surface area (Å²) in [5.41, 5.74) is 0.939. The van der Waals surface area contributed by atoms with Crippen molar-refractivity contribution >= 4 is 17.7 Å². The van der Waals surface area contributed by atoms with Gasteiger partial charge in [0.15, 0.2) is 0 Å². The van der Waals surface area contributed by atoms with Crippen LogP contribution in [0.5, 0.6) is 0 Å². The molecule has 1 unspecified atom stereocenters. The molecule has 0 saturated heterocycles. The Morgan fingerprint density at radius 2 is 2.53 bits per heavy atom. The minimum Gasteiger partial charge on any atom is -0.481 e. The zero-order valence-corrected chi connectivity index (χ0v) is 9.17. The van der Waals surface area contributed by atoms with Crippen molar-refractivity contribution in [2.45, 2.75) is 23.9 Å². The van der Waals surface area contributed by atoms with Gasteiger partial charge in [-0.2, -0.15) is 0 Å². The Balaban J connectivity index is 2.22. The number of hydrogen-bond donors (Lipinski definition) is 1. The van der Waals surface area contributed by atoms with Crippen molar-refractivity contribution in [3.05, 3.63) is 30.5 Å². The van der Waals surface area contributed by atoms with Crippen LogP contribution in [0.3, 0.4) is 0 Å². The molecule has 0 fully saturated rings. The van der Waals surface area contributed by atoms with Crippen molar-refractivity contribution < 1.29 is 9.90 Å². The summed E-state index contributed by atoms with van der Waals surface area (Å²) in [4.78, 5) is 11.0. The number of aliphatic carboxylic acids is 1. The van der Waals surface area contributed by atoms with E-state index in [-0.39, 0.29) is 5.92 Å². The molecule has 80 valence electrons. The molecule has 1 N–H and O–H groups in total. The van der Waals surface area contributed by atoms with E-state index in [0.29, 0.717) is 6.42 Å². The molecule has 3 nitrogen and oxygen atoms in total. The molecule has 2 heterocycles. The van der Waals surface area contributed by atoms with Gasteiger partial charge in [0.2, 0.25) is 0 Å². The van der Waals surface area contributed by atoms with Crippen LogP contribution in [-0.4, -0.2) is 21.4 Å². The van der Waals surface area contributed by atoms with E-state index in [1.165, 1.54) is 0 Å². The maximum Gasteiger partial charge on any atom is 0.312 e. The van der Waals surface area contributed by atoms with Crippen LogP contribution in [0.25, 0.3) is 0 Å². The molecular formula is C11H13NO2S. The molecule has 0 spiro atoms. The molecule has 2 rings (SSSR count). The molecule has 15 heavy (non-hydrogen) atoms. The van der Waals surface area contributed by atoms with Crippen molar-refractivity contribution in [3.63, 3.8) is 0 Å². The predicted molar refractivity (Wildman–Crippen MR) is 60.3 cm³/mol. The number of fused-ring (bicyclic) bond motifs is 1. The van der Waals surface area contributed by atoms with Crippen molar-refractivity contribution in [2.75, 3.05) is 5.75 Å². The van der Waals surface area contributed by atoms with Crippen molar-refractivity contribution in [2.24, 2.45) is 0 Å². The third-order valence-corrected chi connectivity index (χ3v) is 3.67. The highest BCUT2D eigenvalue weighted by atomic mass is 32.2. The highest BCUT2D eigenvalue weighted by Crippen LogP contribution is 2.34. The summed E-state index contributed by atoms with van der Waals surface area (Å²) in [6.45, 7) is 4.49. The van der Waals surface area contributed by atoms with Crippen LogP contribution < -0.4 is 0 Å². The minimum absolute atomic E-state index is 0.317. The van der Waals surface area contributed by atoms with E-state index in [9.17, 15) is 4.79 Å². The van der Waals surface area contributed by atoms with E-state index in [1.54, 1.807) is 11.8 Å². The quantitative estimate of drug-likeness (QED) is 0.629. The standard InChI is InChI=1S/C11H13NO2S/c1-2-7-15-10-4-3-9-8(11(13)14)5-6-12(9)10/h2-4,8H,1,5-7H2,(H,13,14). The Morgan fingerprint density at radius 3 is 3.20 bits per heavy atom. The van der Waals surface area contributed by atoms with E-state index in [0.717, 1.165) is 23.0 Å². The molecule has 1 aliphatic rings. The van der Waals surface area contributed by atoms with Gasteiger partial charge in [-0.1, -0.05) is 6.08 Å². The third-order valence-electron chi connectivity index (χ3n) is 2.62. The Kier molecular flexibility index (Phi) is 2.86. The highest BCUT2D eigenvalue weighted by molar-refractivity contribution is 7.99. The molecule has 0 bridgehead atoms. The van der Waals surface area contributed by atoms with Gasteiger partial charge in [-0.3, -0.25) is 4.79 Å².